The van der Waals surface area contributed by atoms with E-state index in [0.717, 1.165) is 13.0 Å². The average Bonchev–Trinajstić information content (AvgIpc) is 2.76. The second kappa shape index (κ2) is 4.89. The Morgan fingerprint density at radius 2 is 2.00 bits per heavy atom. The largest absolute Gasteiger partial charge is 0.353 e. The molecule has 2 aliphatic rings. The lowest BCUT2D eigenvalue weighted by molar-refractivity contribution is -0.232. The molecule has 0 bridgehead atoms. The third-order valence-electron chi connectivity index (χ3n) is 4.33. The molecular formula is C14H24O2. The summed E-state index contributed by atoms with van der Waals surface area (Å²) in [5.41, 5.74) is 1.23. The Morgan fingerprint density at radius 3 is 2.50 bits per heavy atom. The number of methoxy groups -OCH3 is 1. The molecule has 1 aliphatic carbocycles. The highest BCUT2D eigenvalue weighted by Crippen LogP contribution is 2.44. The van der Waals surface area contributed by atoms with Crippen LogP contribution < -0.4 is 0 Å². The first-order valence-corrected chi connectivity index (χ1v) is 6.52. The zero-order chi connectivity index (χ0) is 11.6. The molecule has 16 heavy (non-hydrogen) atoms. The molecule has 1 aliphatic heterocycles. The first-order chi connectivity index (χ1) is 7.68. The lowest BCUT2D eigenvalue weighted by Gasteiger charge is -2.37. The van der Waals surface area contributed by atoms with Gasteiger partial charge in [0.05, 0.1) is 6.61 Å². The summed E-state index contributed by atoms with van der Waals surface area (Å²) >= 11 is 0. The van der Waals surface area contributed by atoms with E-state index >= 15 is 0 Å². The molecule has 0 N–H and O–H groups in total. The van der Waals surface area contributed by atoms with Crippen molar-refractivity contribution in [2.24, 2.45) is 11.8 Å². The van der Waals surface area contributed by atoms with Crippen molar-refractivity contribution in [3.05, 3.63) is 12.2 Å². The van der Waals surface area contributed by atoms with Gasteiger partial charge in [0.25, 0.3) is 0 Å². The summed E-state index contributed by atoms with van der Waals surface area (Å²) in [6.45, 7) is 6.94. The maximum atomic E-state index is 6.02. The fraction of sp³-hybridized carbons (Fsp3) is 0.857. The van der Waals surface area contributed by atoms with Gasteiger partial charge in [0.1, 0.15) is 0 Å². The van der Waals surface area contributed by atoms with Crippen LogP contribution in [0.5, 0.6) is 0 Å². The average molecular weight is 224 g/mol. The summed E-state index contributed by atoms with van der Waals surface area (Å²) in [4.78, 5) is 0. The Bertz CT molecular complexity index is 255. The van der Waals surface area contributed by atoms with E-state index < -0.39 is 0 Å². The minimum atomic E-state index is -0.302. The Labute approximate surface area is 99.0 Å². The SMILES string of the molecule is C=C(C)C1CO[C@@](OC)(C2CCCCC2)C1. The van der Waals surface area contributed by atoms with Crippen LogP contribution in [0, 0.1) is 11.8 Å². The van der Waals surface area contributed by atoms with Crippen LogP contribution in [0.4, 0.5) is 0 Å². The van der Waals surface area contributed by atoms with E-state index in [-0.39, 0.29) is 5.79 Å². The summed E-state index contributed by atoms with van der Waals surface area (Å²) in [6, 6.07) is 0. The molecule has 2 atom stereocenters. The van der Waals surface area contributed by atoms with Crippen molar-refractivity contribution in [2.75, 3.05) is 13.7 Å². The molecule has 1 saturated carbocycles. The molecule has 2 heteroatoms. The Hall–Kier alpha value is -0.340. The van der Waals surface area contributed by atoms with Crippen LogP contribution >= 0.6 is 0 Å². The summed E-state index contributed by atoms with van der Waals surface area (Å²) < 4.78 is 11.8. The minimum Gasteiger partial charge on any atom is -0.353 e. The smallest absolute Gasteiger partial charge is 0.171 e. The highest BCUT2D eigenvalue weighted by Gasteiger charge is 2.47. The number of ether oxygens (including phenoxy) is 2. The van der Waals surface area contributed by atoms with Gasteiger partial charge in [-0.1, -0.05) is 31.4 Å². The Kier molecular flexibility index (Phi) is 3.70. The molecule has 0 amide bonds. The van der Waals surface area contributed by atoms with E-state index in [0.29, 0.717) is 11.8 Å². The third kappa shape index (κ3) is 2.18. The standard InChI is InChI=1S/C14H24O2/c1-11(2)12-9-14(15-3,16-10-12)13-7-5-4-6-8-13/h12-13H,1,4-10H2,2-3H3/t12?,14-/m1/s1. The maximum absolute atomic E-state index is 6.02. The minimum absolute atomic E-state index is 0.302. The Morgan fingerprint density at radius 1 is 1.31 bits per heavy atom. The summed E-state index contributed by atoms with van der Waals surface area (Å²) in [5, 5.41) is 0. The first kappa shape index (κ1) is 12.1. The highest BCUT2D eigenvalue weighted by atomic mass is 16.7. The van der Waals surface area contributed by atoms with E-state index in [1.165, 1.54) is 37.7 Å². The third-order valence-corrected chi connectivity index (χ3v) is 4.33. The van der Waals surface area contributed by atoms with Gasteiger partial charge in [0.2, 0.25) is 0 Å². The molecule has 92 valence electrons. The van der Waals surface area contributed by atoms with Gasteiger partial charge in [-0.2, -0.15) is 0 Å². The maximum Gasteiger partial charge on any atom is 0.171 e. The van der Waals surface area contributed by atoms with Gasteiger partial charge >= 0.3 is 0 Å². The van der Waals surface area contributed by atoms with E-state index in [1.54, 1.807) is 7.11 Å². The van der Waals surface area contributed by atoms with E-state index in [2.05, 4.69) is 13.5 Å². The van der Waals surface area contributed by atoms with Crippen molar-refractivity contribution in [2.45, 2.75) is 51.2 Å². The van der Waals surface area contributed by atoms with Crippen molar-refractivity contribution in [3.8, 4) is 0 Å². The second-order valence-electron chi connectivity index (χ2n) is 5.41. The zero-order valence-corrected chi connectivity index (χ0v) is 10.6. The monoisotopic (exact) mass is 224 g/mol. The quantitative estimate of drug-likeness (QED) is 0.683. The molecule has 1 unspecified atom stereocenters. The molecule has 0 aromatic heterocycles. The van der Waals surface area contributed by atoms with Gasteiger partial charge in [-0.05, 0) is 19.8 Å². The van der Waals surface area contributed by atoms with Gasteiger partial charge in [0.15, 0.2) is 5.79 Å². The van der Waals surface area contributed by atoms with E-state index in [9.17, 15) is 0 Å². The van der Waals surface area contributed by atoms with Crippen LogP contribution in [0.15, 0.2) is 12.2 Å². The van der Waals surface area contributed by atoms with E-state index in [4.69, 9.17) is 9.47 Å². The summed E-state index contributed by atoms with van der Waals surface area (Å²) in [7, 11) is 1.80. The number of rotatable bonds is 3. The molecule has 0 aromatic carbocycles. The predicted molar refractivity (Wildman–Crippen MR) is 65.2 cm³/mol. The van der Waals surface area contributed by atoms with Crippen LogP contribution in [-0.2, 0) is 9.47 Å². The molecular weight excluding hydrogens is 200 g/mol. The molecule has 1 heterocycles. The molecule has 2 fully saturated rings. The predicted octanol–water partition coefficient (Wildman–Crippen LogP) is 3.52. The van der Waals surface area contributed by atoms with Gasteiger partial charge in [-0.25, -0.2) is 0 Å². The van der Waals surface area contributed by atoms with Gasteiger partial charge < -0.3 is 9.47 Å². The highest BCUT2D eigenvalue weighted by molar-refractivity contribution is 5.03. The van der Waals surface area contributed by atoms with Gasteiger partial charge in [-0.15, -0.1) is 0 Å². The molecule has 2 rings (SSSR count). The van der Waals surface area contributed by atoms with Crippen molar-refractivity contribution in [3.63, 3.8) is 0 Å². The summed E-state index contributed by atoms with van der Waals surface area (Å²) in [6.07, 6.45) is 7.56. The van der Waals surface area contributed by atoms with Crippen LogP contribution in [-0.4, -0.2) is 19.5 Å². The molecule has 0 spiro atoms. The van der Waals surface area contributed by atoms with Crippen LogP contribution in [0.2, 0.25) is 0 Å². The Balaban J connectivity index is 2.05. The van der Waals surface area contributed by atoms with Crippen LogP contribution in [0.3, 0.4) is 0 Å². The lowest BCUT2D eigenvalue weighted by Crippen LogP contribution is -2.40. The summed E-state index contributed by atoms with van der Waals surface area (Å²) in [5.74, 6) is 0.779. The molecule has 0 aromatic rings. The fourth-order valence-corrected chi connectivity index (χ4v) is 3.16. The van der Waals surface area contributed by atoms with Crippen molar-refractivity contribution >= 4 is 0 Å². The van der Waals surface area contributed by atoms with Crippen molar-refractivity contribution in [1.82, 2.24) is 0 Å². The molecule has 1 saturated heterocycles. The number of hydrogen-bond acceptors (Lipinski definition) is 2. The molecule has 2 nitrogen and oxygen atoms in total. The van der Waals surface area contributed by atoms with Gasteiger partial charge in [-0.3, -0.25) is 0 Å². The van der Waals surface area contributed by atoms with Crippen LogP contribution in [0.25, 0.3) is 0 Å². The van der Waals surface area contributed by atoms with Crippen LogP contribution in [0.1, 0.15) is 45.4 Å². The first-order valence-electron chi connectivity index (χ1n) is 6.52. The fourth-order valence-electron chi connectivity index (χ4n) is 3.16. The van der Waals surface area contributed by atoms with E-state index in [1.807, 2.05) is 0 Å². The van der Waals surface area contributed by atoms with Gasteiger partial charge in [0, 0.05) is 25.4 Å². The molecule has 0 radical (unpaired) electrons. The van der Waals surface area contributed by atoms with Crippen molar-refractivity contribution < 1.29 is 9.47 Å². The lowest BCUT2D eigenvalue weighted by atomic mass is 9.80. The second-order valence-corrected chi connectivity index (χ2v) is 5.41. The zero-order valence-electron chi connectivity index (χ0n) is 10.6. The normalized spacial score (nSPS) is 36.5. The number of hydrogen-bond donors (Lipinski definition) is 0. The van der Waals surface area contributed by atoms with Crippen molar-refractivity contribution in [1.29, 1.82) is 0 Å². The topological polar surface area (TPSA) is 18.5 Å².